The fourth-order valence-electron chi connectivity index (χ4n) is 3.27. The normalized spacial score (nSPS) is 16.8. The molecule has 1 aromatic carbocycles. The maximum atomic E-state index is 12.5. The van der Waals surface area contributed by atoms with E-state index in [4.69, 9.17) is 4.42 Å². The molecule has 2 heterocycles. The second-order valence-electron chi connectivity index (χ2n) is 7.00. The van der Waals surface area contributed by atoms with Crippen molar-refractivity contribution in [3.8, 4) is 11.5 Å². The van der Waals surface area contributed by atoms with Crippen LogP contribution in [-0.4, -0.2) is 46.6 Å². The number of hydrogen-bond donors (Lipinski definition) is 1. The van der Waals surface area contributed by atoms with Crippen molar-refractivity contribution in [2.45, 2.75) is 44.4 Å². The summed E-state index contributed by atoms with van der Waals surface area (Å²) in [5.41, 5.74) is 1.78. The van der Waals surface area contributed by atoms with Gasteiger partial charge in [0.15, 0.2) is 0 Å². The van der Waals surface area contributed by atoms with Crippen LogP contribution in [-0.2, 0) is 15.3 Å². The number of thioether (sulfide) groups is 1. The molecule has 2 amide bonds. The summed E-state index contributed by atoms with van der Waals surface area (Å²) in [6.07, 6.45) is 4.90. The lowest BCUT2D eigenvalue weighted by molar-refractivity contribution is -0.131. The van der Waals surface area contributed by atoms with E-state index in [2.05, 4.69) is 10.3 Å². The first kappa shape index (κ1) is 20.5. The molecule has 1 aliphatic rings. The lowest BCUT2D eigenvalue weighted by Gasteiger charge is -2.33. The molecule has 1 saturated heterocycles. The number of piperidine rings is 1. The van der Waals surface area contributed by atoms with E-state index in [9.17, 15) is 9.59 Å². The van der Waals surface area contributed by atoms with E-state index in [-0.39, 0.29) is 17.9 Å². The zero-order valence-corrected chi connectivity index (χ0v) is 17.0. The highest BCUT2D eigenvalue weighted by Crippen LogP contribution is 2.21. The first-order valence-electron chi connectivity index (χ1n) is 9.80. The minimum atomic E-state index is 0.0747. The molecule has 150 valence electrons. The van der Waals surface area contributed by atoms with Crippen LogP contribution in [0, 0.1) is 0 Å². The molecule has 0 saturated carbocycles. The van der Waals surface area contributed by atoms with Crippen LogP contribution in [0.15, 0.2) is 41.0 Å². The van der Waals surface area contributed by atoms with E-state index in [1.165, 1.54) is 11.8 Å². The number of benzene rings is 1. The second kappa shape index (κ2) is 10.3. The summed E-state index contributed by atoms with van der Waals surface area (Å²) < 4.78 is 5.54. The SMILES string of the molecule is CCCC(=O)NC1CCCN(C(=O)CSCc2coc(-c3ccccc3)n2)C1. The van der Waals surface area contributed by atoms with Gasteiger partial charge in [-0.25, -0.2) is 4.98 Å². The van der Waals surface area contributed by atoms with Crippen molar-refractivity contribution in [3.63, 3.8) is 0 Å². The lowest BCUT2D eigenvalue weighted by Crippen LogP contribution is -2.50. The molecule has 1 aliphatic heterocycles. The number of carbonyl (C=O) groups is 2. The maximum absolute atomic E-state index is 12.5. The van der Waals surface area contributed by atoms with E-state index >= 15 is 0 Å². The molecule has 0 bridgehead atoms. The van der Waals surface area contributed by atoms with Gasteiger partial charge in [-0.1, -0.05) is 25.1 Å². The quantitative estimate of drug-likeness (QED) is 0.733. The third-order valence-electron chi connectivity index (χ3n) is 4.66. The summed E-state index contributed by atoms with van der Waals surface area (Å²) in [5.74, 6) is 1.84. The number of aromatic nitrogens is 1. The van der Waals surface area contributed by atoms with Crippen LogP contribution in [0.3, 0.4) is 0 Å². The third-order valence-corrected chi connectivity index (χ3v) is 5.62. The Morgan fingerprint density at radius 2 is 2.14 bits per heavy atom. The van der Waals surface area contributed by atoms with Gasteiger partial charge in [0.1, 0.15) is 6.26 Å². The van der Waals surface area contributed by atoms with Crippen LogP contribution in [0.25, 0.3) is 11.5 Å². The van der Waals surface area contributed by atoms with Gasteiger partial charge in [-0.3, -0.25) is 9.59 Å². The Morgan fingerprint density at radius 1 is 1.32 bits per heavy atom. The lowest BCUT2D eigenvalue weighted by atomic mass is 10.1. The standard InChI is InChI=1S/C21H27N3O3S/c1-2-7-19(25)22-17-10-6-11-24(12-17)20(26)15-28-14-18-13-27-21(23-18)16-8-4-3-5-9-16/h3-5,8-9,13,17H,2,6-7,10-12,14-15H2,1H3,(H,22,25). The van der Waals surface area contributed by atoms with Crippen LogP contribution < -0.4 is 5.32 Å². The predicted octanol–water partition coefficient (Wildman–Crippen LogP) is 3.48. The van der Waals surface area contributed by atoms with E-state index < -0.39 is 0 Å². The van der Waals surface area contributed by atoms with Gasteiger partial charge in [0.05, 0.1) is 11.4 Å². The van der Waals surface area contributed by atoms with Gasteiger partial charge in [0, 0.05) is 36.9 Å². The van der Waals surface area contributed by atoms with Crippen molar-refractivity contribution in [2.75, 3.05) is 18.8 Å². The molecule has 3 rings (SSSR count). The van der Waals surface area contributed by atoms with Crippen molar-refractivity contribution >= 4 is 23.6 Å². The summed E-state index contributed by atoms with van der Waals surface area (Å²) in [5, 5.41) is 3.04. The first-order valence-corrected chi connectivity index (χ1v) is 11.0. The highest BCUT2D eigenvalue weighted by Gasteiger charge is 2.24. The van der Waals surface area contributed by atoms with Gasteiger partial charge in [-0.2, -0.15) is 0 Å². The van der Waals surface area contributed by atoms with Crippen molar-refractivity contribution in [2.24, 2.45) is 0 Å². The Hall–Kier alpha value is -2.28. The van der Waals surface area contributed by atoms with E-state index in [1.54, 1.807) is 6.26 Å². The zero-order chi connectivity index (χ0) is 19.8. The Morgan fingerprint density at radius 3 is 2.93 bits per heavy atom. The molecule has 0 spiro atoms. The molecule has 1 N–H and O–H groups in total. The molecule has 1 fully saturated rings. The summed E-state index contributed by atoms with van der Waals surface area (Å²) >= 11 is 1.54. The number of hydrogen-bond acceptors (Lipinski definition) is 5. The fourth-order valence-corrected chi connectivity index (χ4v) is 4.07. The molecular weight excluding hydrogens is 374 g/mol. The Balaban J connectivity index is 1.43. The summed E-state index contributed by atoms with van der Waals surface area (Å²) in [6, 6.07) is 9.84. The van der Waals surface area contributed by atoms with Crippen molar-refractivity contribution in [3.05, 3.63) is 42.3 Å². The fraction of sp³-hybridized carbons (Fsp3) is 0.476. The van der Waals surface area contributed by atoms with Crippen LogP contribution in [0.5, 0.6) is 0 Å². The average molecular weight is 402 g/mol. The molecule has 7 heteroatoms. The number of rotatable bonds is 8. The molecule has 28 heavy (non-hydrogen) atoms. The summed E-state index contributed by atoms with van der Waals surface area (Å²) in [6.45, 7) is 3.36. The van der Waals surface area contributed by atoms with Gasteiger partial charge in [-0.05, 0) is 31.4 Å². The highest BCUT2D eigenvalue weighted by atomic mass is 32.2. The average Bonchev–Trinajstić information content (AvgIpc) is 3.18. The van der Waals surface area contributed by atoms with Crippen LogP contribution in [0.4, 0.5) is 0 Å². The van der Waals surface area contributed by atoms with Crippen LogP contribution >= 0.6 is 11.8 Å². The molecule has 6 nitrogen and oxygen atoms in total. The van der Waals surface area contributed by atoms with Crippen LogP contribution in [0.2, 0.25) is 0 Å². The minimum absolute atomic E-state index is 0.0747. The zero-order valence-electron chi connectivity index (χ0n) is 16.2. The number of nitrogens with zero attached hydrogens (tertiary/aromatic N) is 2. The van der Waals surface area contributed by atoms with Gasteiger partial charge in [0.25, 0.3) is 0 Å². The maximum Gasteiger partial charge on any atom is 0.232 e. The molecular formula is C21H27N3O3S. The number of likely N-dealkylation sites (tertiary alicyclic amines) is 1. The van der Waals surface area contributed by atoms with Crippen molar-refractivity contribution < 1.29 is 14.0 Å². The number of carbonyl (C=O) groups excluding carboxylic acids is 2. The number of amides is 2. The second-order valence-corrected chi connectivity index (χ2v) is 7.98. The molecule has 0 aliphatic carbocycles. The van der Waals surface area contributed by atoms with Gasteiger partial charge in [0.2, 0.25) is 17.7 Å². The smallest absolute Gasteiger partial charge is 0.232 e. The molecule has 1 atom stereocenters. The number of nitrogens with one attached hydrogen (secondary N) is 1. The monoisotopic (exact) mass is 401 g/mol. The van der Waals surface area contributed by atoms with E-state index in [0.717, 1.165) is 37.1 Å². The minimum Gasteiger partial charge on any atom is -0.444 e. The van der Waals surface area contributed by atoms with Gasteiger partial charge < -0.3 is 14.6 Å². The van der Waals surface area contributed by atoms with E-state index in [1.807, 2.05) is 42.2 Å². The molecule has 2 aromatic rings. The Kier molecular flexibility index (Phi) is 7.54. The van der Waals surface area contributed by atoms with Crippen LogP contribution in [0.1, 0.15) is 38.3 Å². The van der Waals surface area contributed by atoms with E-state index in [0.29, 0.717) is 30.4 Å². The largest absolute Gasteiger partial charge is 0.444 e. The molecule has 1 unspecified atom stereocenters. The molecule has 1 aromatic heterocycles. The first-order chi connectivity index (χ1) is 13.7. The topological polar surface area (TPSA) is 75.4 Å². The highest BCUT2D eigenvalue weighted by molar-refractivity contribution is 7.99. The summed E-state index contributed by atoms with van der Waals surface area (Å²) in [4.78, 5) is 30.7. The molecule has 0 radical (unpaired) electrons. The third kappa shape index (κ3) is 5.86. The van der Waals surface area contributed by atoms with Gasteiger partial charge in [-0.15, -0.1) is 11.8 Å². The van der Waals surface area contributed by atoms with Gasteiger partial charge >= 0.3 is 0 Å². The predicted molar refractivity (Wildman–Crippen MR) is 111 cm³/mol. The Bertz CT molecular complexity index is 778. The summed E-state index contributed by atoms with van der Waals surface area (Å²) in [7, 11) is 0. The Labute approximate surface area is 170 Å². The van der Waals surface area contributed by atoms with Crippen molar-refractivity contribution in [1.82, 2.24) is 15.2 Å². The number of oxazole rings is 1. The van der Waals surface area contributed by atoms with Crippen molar-refractivity contribution in [1.29, 1.82) is 0 Å².